The second-order valence-corrected chi connectivity index (χ2v) is 5.59. The molecule has 6 nitrogen and oxygen atoms in total. The third kappa shape index (κ3) is 7.37. The normalized spacial score (nSPS) is 10.8. The maximum Gasteiger partial charge on any atom is 0.397 e. The van der Waals surface area contributed by atoms with Crippen molar-refractivity contribution in [1.82, 2.24) is 0 Å². The van der Waals surface area contributed by atoms with Crippen molar-refractivity contribution in [1.29, 1.82) is 0 Å². The molecular weight excluding hydrogens is 293 g/mol. The second-order valence-electron chi connectivity index (χ2n) is 4.44. The zero-order valence-corrected chi connectivity index (χ0v) is 13.4. The smallest absolute Gasteiger partial charge is 0.397 e. The fraction of sp³-hybridized carbons (Fsp3) is 0.571. The monoisotopic (exact) mass is 315 g/mol. The molecule has 0 spiro atoms. The first kappa shape index (κ1) is 17.8. The molecule has 7 heteroatoms. The number of hydrogen-bond acceptors (Lipinski definition) is 5. The second kappa shape index (κ2) is 10.5. The minimum atomic E-state index is -1.51. The van der Waals surface area contributed by atoms with E-state index in [9.17, 15) is 10.1 Å². The molecule has 21 heavy (non-hydrogen) atoms. The number of nitrogens with zero attached hydrogens (tertiary/aromatic N) is 1. The zero-order chi connectivity index (χ0) is 15.5. The molecule has 1 aromatic carbocycles. The Labute approximate surface area is 126 Å². The van der Waals surface area contributed by atoms with Crippen LogP contribution in [0.1, 0.15) is 39.5 Å². The number of nitro groups is 1. The number of hydrogen-bond donors (Lipinski definition) is 0. The highest BCUT2D eigenvalue weighted by Gasteiger charge is 2.16. The summed E-state index contributed by atoms with van der Waals surface area (Å²) in [5.74, 6) is 0.392. The molecule has 0 aliphatic heterocycles. The molecule has 0 amide bonds. The van der Waals surface area contributed by atoms with Crippen LogP contribution in [0.3, 0.4) is 0 Å². The molecule has 0 saturated carbocycles. The van der Waals surface area contributed by atoms with Gasteiger partial charge in [0.2, 0.25) is 0 Å². The Kier molecular flexibility index (Phi) is 8.90. The maximum absolute atomic E-state index is 10.8. The van der Waals surface area contributed by atoms with Crippen molar-refractivity contribution in [3.63, 3.8) is 0 Å². The van der Waals surface area contributed by atoms with Crippen molar-refractivity contribution < 1.29 is 18.5 Å². The van der Waals surface area contributed by atoms with Gasteiger partial charge in [-0.25, -0.2) is 0 Å². The van der Waals surface area contributed by atoms with E-state index in [0.717, 1.165) is 25.7 Å². The quantitative estimate of drug-likeness (QED) is 0.253. The van der Waals surface area contributed by atoms with E-state index in [0.29, 0.717) is 19.0 Å². The van der Waals surface area contributed by atoms with Crippen molar-refractivity contribution in [2.75, 3.05) is 13.2 Å². The van der Waals surface area contributed by atoms with Gasteiger partial charge in [0.25, 0.3) is 5.69 Å². The van der Waals surface area contributed by atoms with E-state index < -0.39 is 13.5 Å². The number of non-ortho nitro benzene ring substituents is 1. The van der Waals surface area contributed by atoms with Crippen LogP contribution in [0.15, 0.2) is 24.3 Å². The molecule has 0 N–H and O–H groups in total. The predicted octanol–water partition coefficient (Wildman–Crippen LogP) is 4.83. The van der Waals surface area contributed by atoms with Crippen molar-refractivity contribution in [3.8, 4) is 5.75 Å². The van der Waals surface area contributed by atoms with Gasteiger partial charge in [0.15, 0.2) is 0 Å². The third-order valence-electron chi connectivity index (χ3n) is 2.60. The molecule has 0 saturated heterocycles. The standard InChI is InChI=1S/C14H22NO5P/c1-3-5-10-18-21(19-11-6-4-2)20-14-9-7-8-13(12-14)15(16)17/h7-9,12H,3-6,10-11H2,1-2H3. The van der Waals surface area contributed by atoms with Gasteiger partial charge in [0.05, 0.1) is 24.2 Å². The predicted molar refractivity (Wildman–Crippen MR) is 82.4 cm³/mol. The van der Waals surface area contributed by atoms with Gasteiger partial charge in [-0.05, 0) is 18.9 Å². The Bertz CT molecular complexity index is 420. The van der Waals surface area contributed by atoms with Crippen LogP contribution in [0, 0.1) is 10.1 Å². The molecule has 0 bridgehead atoms. The number of rotatable bonds is 11. The van der Waals surface area contributed by atoms with Crippen LogP contribution in [-0.4, -0.2) is 18.1 Å². The molecule has 0 heterocycles. The summed E-state index contributed by atoms with van der Waals surface area (Å²) in [7, 11) is -1.51. The number of nitro benzene ring substituents is 1. The molecule has 0 unspecified atom stereocenters. The minimum absolute atomic E-state index is 0.00966. The molecule has 118 valence electrons. The van der Waals surface area contributed by atoms with Crippen LogP contribution in [0.2, 0.25) is 0 Å². The first-order chi connectivity index (χ1) is 10.2. The Morgan fingerprint density at radius 2 is 1.76 bits per heavy atom. The summed E-state index contributed by atoms with van der Waals surface area (Å²) >= 11 is 0. The molecule has 0 fully saturated rings. The fourth-order valence-electron chi connectivity index (χ4n) is 1.40. The Morgan fingerprint density at radius 1 is 1.14 bits per heavy atom. The van der Waals surface area contributed by atoms with E-state index in [1.54, 1.807) is 12.1 Å². The van der Waals surface area contributed by atoms with Gasteiger partial charge >= 0.3 is 8.60 Å². The molecule has 0 atom stereocenters. The molecule has 0 aliphatic carbocycles. The lowest BCUT2D eigenvalue weighted by Gasteiger charge is -2.16. The van der Waals surface area contributed by atoms with Gasteiger partial charge in [0.1, 0.15) is 5.75 Å². The van der Waals surface area contributed by atoms with Crippen LogP contribution < -0.4 is 4.52 Å². The molecule has 1 aromatic rings. The summed E-state index contributed by atoms with van der Waals surface area (Å²) < 4.78 is 16.8. The summed E-state index contributed by atoms with van der Waals surface area (Å²) in [6.45, 7) is 5.27. The van der Waals surface area contributed by atoms with E-state index in [1.165, 1.54) is 12.1 Å². The summed E-state index contributed by atoms with van der Waals surface area (Å²) in [6, 6.07) is 6.04. The van der Waals surface area contributed by atoms with E-state index in [4.69, 9.17) is 13.6 Å². The van der Waals surface area contributed by atoms with Crippen molar-refractivity contribution in [2.45, 2.75) is 39.5 Å². The van der Waals surface area contributed by atoms with Gasteiger partial charge < -0.3 is 13.6 Å². The number of benzene rings is 1. The fourth-order valence-corrected chi connectivity index (χ4v) is 2.42. The Hall–Kier alpha value is -1.23. The van der Waals surface area contributed by atoms with Crippen LogP contribution in [0.5, 0.6) is 5.75 Å². The molecular formula is C14H22NO5P. The van der Waals surface area contributed by atoms with E-state index in [1.807, 2.05) is 0 Å². The molecule has 0 radical (unpaired) electrons. The zero-order valence-electron chi connectivity index (χ0n) is 12.5. The van der Waals surface area contributed by atoms with Gasteiger partial charge in [-0.3, -0.25) is 10.1 Å². The maximum atomic E-state index is 10.8. The Balaban J connectivity index is 2.60. The van der Waals surface area contributed by atoms with E-state index in [2.05, 4.69) is 13.8 Å². The summed E-state index contributed by atoms with van der Waals surface area (Å²) in [4.78, 5) is 10.3. The van der Waals surface area contributed by atoms with Gasteiger partial charge in [-0.15, -0.1) is 0 Å². The lowest BCUT2D eigenvalue weighted by Crippen LogP contribution is -2.00. The first-order valence-corrected chi connectivity index (χ1v) is 8.25. The average Bonchev–Trinajstić information content (AvgIpc) is 2.48. The summed E-state index contributed by atoms with van der Waals surface area (Å²) in [5.41, 5.74) is -0.00966. The van der Waals surface area contributed by atoms with Gasteiger partial charge in [-0.1, -0.05) is 32.8 Å². The Morgan fingerprint density at radius 3 is 2.29 bits per heavy atom. The first-order valence-electron chi connectivity index (χ1n) is 7.15. The third-order valence-corrected chi connectivity index (χ3v) is 3.74. The van der Waals surface area contributed by atoms with Crippen LogP contribution in [0.25, 0.3) is 0 Å². The van der Waals surface area contributed by atoms with Crippen molar-refractivity contribution >= 4 is 14.3 Å². The average molecular weight is 315 g/mol. The highest BCUT2D eigenvalue weighted by Crippen LogP contribution is 2.41. The SMILES string of the molecule is CCCCOP(OCCCC)Oc1cccc([N+](=O)[O-])c1. The molecule has 1 rings (SSSR count). The lowest BCUT2D eigenvalue weighted by atomic mass is 10.3. The van der Waals surface area contributed by atoms with Crippen LogP contribution in [-0.2, 0) is 9.05 Å². The van der Waals surface area contributed by atoms with Gasteiger partial charge in [0, 0.05) is 6.07 Å². The minimum Gasteiger partial charge on any atom is -0.427 e. The van der Waals surface area contributed by atoms with Crippen LogP contribution in [0.4, 0.5) is 5.69 Å². The van der Waals surface area contributed by atoms with Crippen LogP contribution >= 0.6 is 8.60 Å². The summed E-state index contributed by atoms with van der Waals surface area (Å²) in [6.07, 6.45) is 3.90. The van der Waals surface area contributed by atoms with E-state index >= 15 is 0 Å². The van der Waals surface area contributed by atoms with E-state index in [-0.39, 0.29) is 5.69 Å². The highest BCUT2D eigenvalue weighted by atomic mass is 31.2. The van der Waals surface area contributed by atoms with Gasteiger partial charge in [-0.2, -0.15) is 0 Å². The topological polar surface area (TPSA) is 70.8 Å². The molecule has 0 aliphatic rings. The van der Waals surface area contributed by atoms with Crippen molar-refractivity contribution in [2.24, 2.45) is 0 Å². The largest absolute Gasteiger partial charge is 0.427 e. The number of unbranched alkanes of at least 4 members (excludes halogenated alkanes) is 2. The van der Waals surface area contributed by atoms with Crippen molar-refractivity contribution in [3.05, 3.63) is 34.4 Å². The lowest BCUT2D eigenvalue weighted by molar-refractivity contribution is -0.384. The molecule has 0 aromatic heterocycles. The highest BCUT2D eigenvalue weighted by molar-refractivity contribution is 7.42. The summed E-state index contributed by atoms with van der Waals surface area (Å²) in [5, 5.41) is 10.8.